The number of amidine groups is 1. The number of halogens is 1. The van der Waals surface area contributed by atoms with E-state index in [0.29, 0.717) is 16.8 Å². The summed E-state index contributed by atoms with van der Waals surface area (Å²) in [6.07, 6.45) is 0. The first-order valence-electron chi connectivity index (χ1n) is 6.16. The SMILES string of the molecule is Cc1cccc(C(=O)Nc2cc(Br)ccc2/C(N)=N/O)c1. The maximum absolute atomic E-state index is 12.3. The molecule has 108 valence electrons. The third-order valence-electron chi connectivity index (χ3n) is 2.89. The Morgan fingerprint density at radius 3 is 2.71 bits per heavy atom. The highest BCUT2D eigenvalue weighted by molar-refractivity contribution is 9.10. The minimum atomic E-state index is -0.260. The Morgan fingerprint density at radius 1 is 1.29 bits per heavy atom. The van der Waals surface area contributed by atoms with Crippen LogP contribution >= 0.6 is 15.9 Å². The average Bonchev–Trinajstić information content (AvgIpc) is 2.46. The Labute approximate surface area is 130 Å². The Bertz CT molecular complexity index is 714. The predicted molar refractivity (Wildman–Crippen MR) is 85.8 cm³/mol. The molecule has 1 amide bonds. The van der Waals surface area contributed by atoms with Crippen LogP contribution in [0.2, 0.25) is 0 Å². The van der Waals surface area contributed by atoms with Crippen LogP contribution in [-0.4, -0.2) is 17.0 Å². The molecule has 0 spiro atoms. The normalized spacial score (nSPS) is 11.2. The quantitative estimate of drug-likeness (QED) is 0.345. The van der Waals surface area contributed by atoms with Gasteiger partial charge in [-0.1, -0.05) is 38.8 Å². The van der Waals surface area contributed by atoms with Crippen molar-refractivity contribution in [1.82, 2.24) is 0 Å². The van der Waals surface area contributed by atoms with Crippen LogP contribution in [0.5, 0.6) is 0 Å². The summed E-state index contributed by atoms with van der Waals surface area (Å²) in [5, 5.41) is 14.5. The lowest BCUT2D eigenvalue weighted by atomic mass is 10.1. The van der Waals surface area contributed by atoms with Crippen LogP contribution in [-0.2, 0) is 0 Å². The van der Waals surface area contributed by atoms with Crippen LogP contribution in [0.25, 0.3) is 0 Å². The molecule has 2 aromatic carbocycles. The molecule has 2 rings (SSSR count). The molecule has 0 bridgehead atoms. The number of rotatable bonds is 3. The number of hydrogen-bond donors (Lipinski definition) is 3. The summed E-state index contributed by atoms with van der Waals surface area (Å²) >= 11 is 3.33. The van der Waals surface area contributed by atoms with Gasteiger partial charge < -0.3 is 16.3 Å². The fourth-order valence-corrected chi connectivity index (χ4v) is 2.24. The maximum Gasteiger partial charge on any atom is 0.255 e. The van der Waals surface area contributed by atoms with E-state index in [1.165, 1.54) is 0 Å². The van der Waals surface area contributed by atoms with E-state index in [1.807, 2.05) is 19.1 Å². The number of carbonyl (C=O) groups is 1. The van der Waals surface area contributed by atoms with Crippen LogP contribution in [0.3, 0.4) is 0 Å². The maximum atomic E-state index is 12.3. The third kappa shape index (κ3) is 3.61. The van der Waals surface area contributed by atoms with E-state index in [1.54, 1.807) is 30.3 Å². The topological polar surface area (TPSA) is 87.7 Å². The van der Waals surface area contributed by atoms with Gasteiger partial charge >= 0.3 is 0 Å². The summed E-state index contributed by atoms with van der Waals surface area (Å²) in [7, 11) is 0. The van der Waals surface area contributed by atoms with E-state index in [9.17, 15) is 4.79 Å². The number of nitrogens with two attached hydrogens (primary N) is 1. The zero-order valence-corrected chi connectivity index (χ0v) is 12.9. The molecule has 0 aliphatic heterocycles. The molecule has 4 N–H and O–H groups in total. The van der Waals surface area contributed by atoms with Gasteiger partial charge in [0, 0.05) is 15.6 Å². The number of nitrogens with one attached hydrogen (secondary N) is 1. The van der Waals surface area contributed by atoms with Gasteiger partial charge in [0.25, 0.3) is 5.91 Å². The molecule has 0 fully saturated rings. The Kier molecular flexibility index (Phi) is 4.59. The first-order chi connectivity index (χ1) is 10.0. The van der Waals surface area contributed by atoms with Gasteiger partial charge in [-0.05, 0) is 37.3 Å². The van der Waals surface area contributed by atoms with Gasteiger partial charge in [0.2, 0.25) is 0 Å². The number of anilines is 1. The average molecular weight is 348 g/mol. The van der Waals surface area contributed by atoms with E-state index >= 15 is 0 Å². The van der Waals surface area contributed by atoms with E-state index in [4.69, 9.17) is 10.9 Å². The molecule has 0 aliphatic carbocycles. The van der Waals surface area contributed by atoms with E-state index in [2.05, 4.69) is 26.4 Å². The van der Waals surface area contributed by atoms with Gasteiger partial charge in [-0.3, -0.25) is 4.79 Å². The third-order valence-corrected chi connectivity index (χ3v) is 3.39. The van der Waals surface area contributed by atoms with Gasteiger partial charge in [0.15, 0.2) is 5.84 Å². The fraction of sp³-hybridized carbons (Fsp3) is 0.0667. The fourth-order valence-electron chi connectivity index (χ4n) is 1.88. The van der Waals surface area contributed by atoms with Crippen molar-refractivity contribution in [2.45, 2.75) is 6.92 Å². The zero-order valence-electron chi connectivity index (χ0n) is 11.3. The molecular formula is C15H14BrN3O2. The van der Waals surface area contributed by atoms with Crippen LogP contribution in [0, 0.1) is 6.92 Å². The molecule has 0 heterocycles. The highest BCUT2D eigenvalue weighted by Gasteiger charge is 2.12. The Balaban J connectivity index is 2.35. The number of oxime groups is 1. The molecule has 0 aliphatic rings. The van der Waals surface area contributed by atoms with Gasteiger partial charge in [-0.15, -0.1) is 0 Å². The molecule has 0 saturated carbocycles. The summed E-state index contributed by atoms with van der Waals surface area (Å²) in [4.78, 5) is 12.3. The second-order valence-corrected chi connectivity index (χ2v) is 5.41. The second-order valence-electron chi connectivity index (χ2n) is 4.50. The number of nitrogens with zero attached hydrogens (tertiary/aromatic N) is 1. The van der Waals surface area contributed by atoms with Gasteiger partial charge in [0.05, 0.1) is 5.69 Å². The number of carbonyl (C=O) groups excluding carboxylic acids is 1. The van der Waals surface area contributed by atoms with Crippen molar-refractivity contribution >= 4 is 33.4 Å². The van der Waals surface area contributed by atoms with Gasteiger partial charge in [-0.2, -0.15) is 0 Å². The number of benzene rings is 2. The summed E-state index contributed by atoms with van der Waals surface area (Å²) in [5.74, 6) is -0.328. The highest BCUT2D eigenvalue weighted by atomic mass is 79.9. The van der Waals surface area contributed by atoms with Crippen LogP contribution < -0.4 is 11.1 Å². The smallest absolute Gasteiger partial charge is 0.255 e. The molecule has 0 radical (unpaired) electrons. The molecule has 0 unspecified atom stereocenters. The zero-order chi connectivity index (χ0) is 15.4. The summed E-state index contributed by atoms with van der Waals surface area (Å²) in [6.45, 7) is 1.91. The predicted octanol–water partition coefficient (Wildman–Crippen LogP) is 3.10. The molecule has 6 heteroatoms. The van der Waals surface area contributed by atoms with Crippen LogP contribution in [0.15, 0.2) is 52.1 Å². The molecular weight excluding hydrogens is 334 g/mol. The van der Waals surface area contributed by atoms with E-state index in [-0.39, 0.29) is 11.7 Å². The minimum absolute atomic E-state index is 0.0676. The lowest BCUT2D eigenvalue weighted by molar-refractivity contribution is 0.102. The standard InChI is InChI=1S/C15H14BrN3O2/c1-9-3-2-4-10(7-9)15(20)18-13-8-11(16)5-6-12(13)14(17)19-21/h2-8,21H,1H3,(H2,17,19)(H,18,20). The lowest BCUT2D eigenvalue weighted by Gasteiger charge is -2.11. The first-order valence-corrected chi connectivity index (χ1v) is 6.96. The summed E-state index contributed by atoms with van der Waals surface area (Å²) in [5.41, 5.74) is 8.06. The van der Waals surface area contributed by atoms with E-state index < -0.39 is 0 Å². The molecule has 2 aromatic rings. The van der Waals surface area contributed by atoms with Crippen molar-refractivity contribution in [3.05, 3.63) is 63.6 Å². The number of hydrogen-bond acceptors (Lipinski definition) is 3. The van der Waals surface area contributed by atoms with E-state index in [0.717, 1.165) is 10.0 Å². The van der Waals surface area contributed by atoms with Crippen molar-refractivity contribution in [3.63, 3.8) is 0 Å². The monoisotopic (exact) mass is 347 g/mol. The first kappa shape index (κ1) is 15.1. The van der Waals surface area contributed by atoms with Crippen molar-refractivity contribution < 1.29 is 10.0 Å². The summed E-state index contributed by atoms with van der Waals surface area (Å²) < 4.78 is 0.775. The van der Waals surface area contributed by atoms with Crippen LogP contribution in [0.1, 0.15) is 21.5 Å². The molecule has 0 saturated heterocycles. The lowest BCUT2D eigenvalue weighted by Crippen LogP contribution is -2.19. The highest BCUT2D eigenvalue weighted by Crippen LogP contribution is 2.22. The molecule has 5 nitrogen and oxygen atoms in total. The molecule has 0 aromatic heterocycles. The molecule has 21 heavy (non-hydrogen) atoms. The van der Waals surface area contributed by atoms with Crippen molar-refractivity contribution in [2.24, 2.45) is 10.9 Å². The summed E-state index contributed by atoms with van der Waals surface area (Å²) in [6, 6.07) is 12.3. The van der Waals surface area contributed by atoms with Crippen molar-refractivity contribution in [2.75, 3.05) is 5.32 Å². The van der Waals surface area contributed by atoms with Gasteiger partial charge in [-0.25, -0.2) is 0 Å². The largest absolute Gasteiger partial charge is 0.409 e. The van der Waals surface area contributed by atoms with Crippen LogP contribution in [0.4, 0.5) is 5.69 Å². The molecule has 0 atom stereocenters. The Hall–Kier alpha value is -2.34. The number of aryl methyl sites for hydroxylation is 1. The Morgan fingerprint density at radius 2 is 2.05 bits per heavy atom. The number of amides is 1. The minimum Gasteiger partial charge on any atom is -0.409 e. The van der Waals surface area contributed by atoms with Gasteiger partial charge in [0.1, 0.15) is 0 Å². The van der Waals surface area contributed by atoms with Crippen molar-refractivity contribution in [3.8, 4) is 0 Å². The van der Waals surface area contributed by atoms with Crippen molar-refractivity contribution in [1.29, 1.82) is 0 Å². The second kappa shape index (κ2) is 6.41.